The lowest BCUT2D eigenvalue weighted by Crippen LogP contribution is -2.61. The first kappa shape index (κ1) is 24.9. The third-order valence-corrected chi connectivity index (χ3v) is 5.34. The van der Waals surface area contributed by atoms with Crippen molar-refractivity contribution in [3.63, 3.8) is 0 Å². The molecule has 12 heteroatoms. The van der Waals surface area contributed by atoms with E-state index < -0.39 is 53.7 Å². The summed E-state index contributed by atoms with van der Waals surface area (Å²) in [6.07, 6.45) is -3.78. The van der Waals surface area contributed by atoms with E-state index in [0.717, 1.165) is 0 Å². The van der Waals surface area contributed by atoms with Crippen LogP contribution in [0.5, 0.6) is 0 Å². The Kier molecular flexibility index (Phi) is 9.56. The van der Waals surface area contributed by atoms with E-state index in [1.807, 2.05) is 0 Å². The summed E-state index contributed by atoms with van der Waals surface area (Å²) in [4.78, 5) is 50.7. The van der Waals surface area contributed by atoms with Gasteiger partial charge in [-0.15, -0.1) is 11.8 Å². The molecule has 0 aliphatic carbocycles. The maximum absolute atomic E-state index is 11.8. The van der Waals surface area contributed by atoms with Gasteiger partial charge in [0.05, 0.1) is 6.54 Å². The summed E-state index contributed by atoms with van der Waals surface area (Å²) in [6, 6.07) is 0. The molecule has 2 aliphatic rings. The second-order valence-electron chi connectivity index (χ2n) is 6.81. The molecular weight excluding hydrogens is 434 g/mol. The zero-order valence-corrected chi connectivity index (χ0v) is 18.7. The Morgan fingerprint density at radius 1 is 0.935 bits per heavy atom. The zero-order chi connectivity index (χ0) is 23.0. The lowest BCUT2D eigenvalue weighted by molar-refractivity contribution is -0.237. The number of thioether (sulfide) groups is 1. The van der Waals surface area contributed by atoms with Gasteiger partial charge < -0.3 is 28.4 Å². The molecule has 0 saturated carbocycles. The molecule has 174 valence electrons. The number of carbonyl (C=O) groups is 4. The number of carbonyl (C=O) groups excluding carboxylic acids is 4. The summed E-state index contributed by atoms with van der Waals surface area (Å²) < 4.78 is 32.5. The molecule has 0 amide bonds. The molecule has 11 nitrogen and oxygen atoms in total. The van der Waals surface area contributed by atoms with Crippen LogP contribution in [0.3, 0.4) is 0 Å². The van der Waals surface area contributed by atoms with Gasteiger partial charge in [0.1, 0.15) is 24.8 Å². The average molecular weight is 461 g/mol. The summed E-state index contributed by atoms with van der Waals surface area (Å²) in [6.45, 7) is 5.70. The molecule has 2 aliphatic heterocycles. The molecule has 0 aromatic carbocycles. The summed E-state index contributed by atoms with van der Waals surface area (Å²) in [5.74, 6) is -1.38. The van der Waals surface area contributed by atoms with Crippen LogP contribution >= 0.6 is 11.8 Å². The van der Waals surface area contributed by atoms with Crippen LogP contribution < -0.4 is 0 Å². The molecular formula is C19H27NO10S. The van der Waals surface area contributed by atoms with Crippen molar-refractivity contribution >= 4 is 41.5 Å². The molecule has 0 spiro atoms. The van der Waals surface area contributed by atoms with Gasteiger partial charge in [-0.2, -0.15) is 0 Å². The second-order valence-corrected chi connectivity index (χ2v) is 8.02. The average Bonchev–Trinajstić information content (AvgIpc) is 3.17. The van der Waals surface area contributed by atoms with Crippen LogP contribution in [0.15, 0.2) is 4.99 Å². The van der Waals surface area contributed by atoms with Gasteiger partial charge in [0.2, 0.25) is 0 Å². The standard InChI is InChI=1S/C19H27NO10S/c1-10(21)26-9-14-16(27-11(2)22)17(28-12(3)23)18(29-13(4)24)19(30-14)31-8-5-15-20-6-7-25-15/h14,16-19H,5-9H2,1-4H3/t14-,16+,17+,18-,19+/m1/s1. The van der Waals surface area contributed by atoms with Gasteiger partial charge in [0, 0.05) is 39.9 Å². The van der Waals surface area contributed by atoms with E-state index in [4.69, 9.17) is 28.4 Å². The molecule has 1 saturated heterocycles. The van der Waals surface area contributed by atoms with E-state index in [0.29, 0.717) is 31.2 Å². The molecule has 0 N–H and O–H groups in total. The highest BCUT2D eigenvalue weighted by Gasteiger charge is 2.52. The molecule has 0 aromatic rings. The topological polar surface area (TPSA) is 136 Å². The Labute approximate surface area is 184 Å². The highest BCUT2D eigenvalue weighted by atomic mass is 32.2. The molecule has 0 aromatic heterocycles. The summed E-state index contributed by atoms with van der Waals surface area (Å²) >= 11 is 1.29. The van der Waals surface area contributed by atoms with Crippen LogP contribution in [0, 0.1) is 0 Å². The van der Waals surface area contributed by atoms with Gasteiger partial charge in [-0.1, -0.05) is 0 Å². The van der Waals surface area contributed by atoms with E-state index in [2.05, 4.69) is 4.99 Å². The first-order valence-electron chi connectivity index (χ1n) is 9.75. The van der Waals surface area contributed by atoms with Gasteiger partial charge >= 0.3 is 23.9 Å². The fraction of sp³-hybridized carbons (Fsp3) is 0.737. The minimum absolute atomic E-state index is 0.245. The Bertz CT molecular complexity index is 712. The maximum Gasteiger partial charge on any atom is 0.303 e. The molecule has 5 atom stereocenters. The van der Waals surface area contributed by atoms with Gasteiger partial charge in [-0.05, 0) is 0 Å². The molecule has 0 bridgehead atoms. The largest absolute Gasteiger partial charge is 0.479 e. The predicted octanol–water partition coefficient (Wildman–Crippen LogP) is 0.621. The zero-order valence-electron chi connectivity index (χ0n) is 17.9. The molecule has 1 fully saturated rings. The van der Waals surface area contributed by atoms with Crippen LogP contribution in [0.2, 0.25) is 0 Å². The van der Waals surface area contributed by atoms with Crippen molar-refractivity contribution in [1.29, 1.82) is 0 Å². The summed E-state index contributed by atoms with van der Waals surface area (Å²) in [7, 11) is 0. The maximum atomic E-state index is 11.8. The Hall–Kier alpha value is -2.34. The van der Waals surface area contributed by atoms with Crippen LogP contribution in [0.4, 0.5) is 0 Å². The lowest BCUT2D eigenvalue weighted by atomic mass is 9.99. The third kappa shape index (κ3) is 8.02. The lowest BCUT2D eigenvalue weighted by Gasteiger charge is -2.44. The molecule has 0 radical (unpaired) electrons. The van der Waals surface area contributed by atoms with E-state index >= 15 is 0 Å². The minimum atomic E-state index is -1.16. The van der Waals surface area contributed by atoms with Crippen LogP contribution in [-0.2, 0) is 47.6 Å². The van der Waals surface area contributed by atoms with Gasteiger partial charge in [-0.3, -0.25) is 24.2 Å². The highest BCUT2D eigenvalue weighted by Crippen LogP contribution is 2.34. The fourth-order valence-electron chi connectivity index (χ4n) is 3.12. The number of aliphatic imine (C=N–C) groups is 1. The number of hydrogen-bond acceptors (Lipinski definition) is 12. The first-order chi connectivity index (χ1) is 14.7. The summed E-state index contributed by atoms with van der Waals surface area (Å²) in [5, 5.41) is 0. The first-order valence-corrected chi connectivity index (χ1v) is 10.8. The monoisotopic (exact) mass is 461 g/mol. The number of nitrogens with zero attached hydrogens (tertiary/aromatic N) is 1. The quantitative estimate of drug-likeness (QED) is 0.353. The van der Waals surface area contributed by atoms with Gasteiger partial charge in [-0.25, -0.2) is 0 Å². The number of rotatable bonds is 9. The van der Waals surface area contributed by atoms with Gasteiger partial charge in [0.15, 0.2) is 24.2 Å². The van der Waals surface area contributed by atoms with Crippen molar-refractivity contribution in [2.45, 2.75) is 64.0 Å². The van der Waals surface area contributed by atoms with Crippen LogP contribution in [0.1, 0.15) is 34.1 Å². The minimum Gasteiger partial charge on any atom is -0.479 e. The third-order valence-electron chi connectivity index (χ3n) is 4.19. The van der Waals surface area contributed by atoms with Crippen molar-refractivity contribution in [3.05, 3.63) is 0 Å². The van der Waals surface area contributed by atoms with Crippen molar-refractivity contribution in [3.8, 4) is 0 Å². The fourth-order valence-corrected chi connectivity index (χ4v) is 4.26. The Balaban J connectivity index is 2.26. The van der Waals surface area contributed by atoms with E-state index in [1.54, 1.807) is 0 Å². The Morgan fingerprint density at radius 3 is 2.10 bits per heavy atom. The van der Waals surface area contributed by atoms with E-state index in [1.165, 1.54) is 39.5 Å². The SMILES string of the molecule is CC(=O)OC[C@H]1O[C@@H](SCCC2=NCCO2)[C@H](OC(C)=O)[C@@H](OC(C)=O)[C@H]1OC(C)=O. The van der Waals surface area contributed by atoms with E-state index in [-0.39, 0.29) is 6.61 Å². The van der Waals surface area contributed by atoms with Crippen molar-refractivity contribution in [2.75, 3.05) is 25.5 Å². The summed E-state index contributed by atoms with van der Waals surface area (Å²) in [5.41, 5.74) is -0.789. The highest BCUT2D eigenvalue weighted by molar-refractivity contribution is 7.99. The molecule has 0 unspecified atom stereocenters. The van der Waals surface area contributed by atoms with E-state index in [9.17, 15) is 19.2 Å². The Morgan fingerprint density at radius 2 is 1.55 bits per heavy atom. The molecule has 31 heavy (non-hydrogen) atoms. The number of ether oxygens (including phenoxy) is 6. The van der Waals surface area contributed by atoms with Crippen molar-refractivity contribution < 1.29 is 47.6 Å². The van der Waals surface area contributed by atoms with Crippen LogP contribution in [-0.4, -0.2) is 85.1 Å². The van der Waals surface area contributed by atoms with Crippen molar-refractivity contribution in [2.24, 2.45) is 4.99 Å². The molecule has 2 heterocycles. The normalized spacial score (nSPS) is 27.5. The number of esters is 4. The van der Waals surface area contributed by atoms with Crippen molar-refractivity contribution in [1.82, 2.24) is 0 Å². The number of hydrogen-bond donors (Lipinski definition) is 0. The smallest absolute Gasteiger partial charge is 0.303 e. The van der Waals surface area contributed by atoms with Gasteiger partial charge in [0.25, 0.3) is 0 Å². The van der Waals surface area contributed by atoms with Crippen LogP contribution in [0.25, 0.3) is 0 Å². The molecule has 2 rings (SSSR count). The predicted molar refractivity (Wildman–Crippen MR) is 107 cm³/mol. The second kappa shape index (κ2) is 11.9.